The van der Waals surface area contributed by atoms with Gasteiger partial charge in [-0.1, -0.05) is 48.9 Å². The van der Waals surface area contributed by atoms with Gasteiger partial charge in [-0.2, -0.15) is 5.10 Å². The number of amides is 5. The Hall–Kier alpha value is -6.28. The van der Waals surface area contributed by atoms with E-state index in [4.69, 9.17) is 26.8 Å². The lowest BCUT2D eigenvalue weighted by Crippen LogP contribution is -2.61. The number of likely N-dealkylation sites (tertiary alicyclic amines) is 2. The minimum absolute atomic E-state index is 0.0322. The Morgan fingerprint density at radius 2 is 1.62 bits per heavy atom. The number of rotatable bonds is 13. The highest BCUT2D eigenvalue weighted by molar-refractivity contribution is 6.34. The SMILES string of the molecule is C[C@H]1c2c(cc(F)c(Cl)c2-c2c(C(N)=O)ccc(OCCO)c2F)O[C@]1(CNC1CCC(C(=O)N2CCC3(CCC3N3CCC(c4c(F)cc5c(N6CCC(=O)NC6=O)nn(C)c5c4F)CC3)CC2)CC1)c1ccccc1. The van der Waals surface area contributed by atoms with Crippen LogP contribution in [-0.2, 0) is 22.2 Å². The van der Waals surface area contributed by atoms with E-state index in [0.717, 1.165) is 44.1 Å². The van der Waals surface area contributed by atoms with Gasteiger partial charge in [0.1, 0.15) is 29.5 Å². The van der Waals surface area contributed by atoms with Gasteiger partial charge in [0.05, 0.1) is 22.6 Å². The third-order valence-corrected chi connectivity index (χ3v) is 18.4. The fraction of sp³-hybridized carbons (Fsp3) is 0.491. The number of fused-ring (bicyclic) bond motifs is 2. The molecule has 4 aromatic carbocycles. The average Bonchev–Trinajstić information content (AvgIpc) is 3.99. The van der Waals surface area contributed by atoms with Crippen LogP contribution in [0.3, 0.4) is 0 Å². The van der Waals surface area contributed by atoms with Crippen LogP contribution in [0.5, 0.6) is 11.5 Å². The summed E-state index contributed by atoms with van der Waals surface area (Å²) in [7, 11) is 1.57. The number of nitrogens with zero attached hydrogens (tertiary/aromatic N) is 5. The fourth-order valence-corrected chi connectivity index (χ4v) is 14.0. The van der Waals surface area contributed by atoms with Crippen LogP contribution in [0.15, 0.2) is 54.6 Å². The van der Waals surface area contributed by atoms with Crippen LogP contribution >= 0.6 is 11.6 Å². The number of anilines is 1. The molecule has 2 saturated carbocycles. The van der Waals surface area contributed by atoms with E-state index in [2.05, 4.69) is 20.6 Å². The molecule has 1 spiro atoms. The van der Waals surface area contributed by atoms with Crippen LogP contribution in [-0.4, -0.2) is 113 Å². The summed E-state index contributed by atoms with van der Waals surface area (Å²) >= 11 is 6.73. The van der Waals surface area contributed by atoms with Crippen LogP contribution in [0.2, 0.25) is 5.02 Å². The second-order valence-corrected chi connectivity index (χ2v) is 22.3. The lowest BCUT2D eigenvalue weighted by Gasteiger charge is -2.58. The molecule has 5 amide bonds. The summed E-state index contributed by atoms with van der Waals surface area (Å²) in [5.41, 5.74) is 5.46. The van der Waals surface area contributed by atoms with Crippen molar-refractivity contribution in [3.05, 3.63) is 105 Å². The first-order chi connectivity index (χ1) is 37.0. The number of hydrogen-bond donors (Lipinski definition) is 4. The highest BCUT2D eigenvalue weighted by Gasteiger charge is 2.53. The molecule has 1 aromatic heterocycles. The number of carbonyl (C=O) groups is 4. The van der Waals surface area contributed by atoms with Crippen molar-refractivity contribution in [3.63, 3.8) is 0 Å². The van der Waals surface area contributed by atoms with Crippen molar-refractivity contribution >= 4 is 52.1 Å². The van der Waals surface area contributed by atoms with Crippen LogP contribution in [0.4, 0.5) is 28.2 Å². The number of primary amides is 1. The number of ether oxygens (including phenoxy) is 2. The largest absolute Gasteiger partial charge is 0.488 e. The van der Waals surface area contributed by atoms with Crippen LogP contribution in [0, 0.1) is 34.6 Å². The Kier molecular flexibility index (Phi) is 14.3. The van der Waals surface area contributed by atoms with Gasteiger partial charge in [0.2, 0.25) is 17.7 Å². The number of imide groups is 1. The van der Waals surface area contributed by atoms with E-state index in [1.807, 2.05) is 42.2 Å². The number of carbonyl (C=O) groups excluding carboxylic acids is 4. The molecule has 5 heterocycles. The van der Waals surface area contributed by atoms with Crippen molar-refractivity contribution in [1.29, 1.82) is 0 Å². The van der Waals surface area contributed by atoms with Gasteiger partial charge in [-0.05, 0) is 112 Å². The van der Waals surface area contributed by atoms with E-state index >= 15 is 17.6 Å². The van der Waals surface area contributed by atoms with E-state index in [0.29, 0.717) is 63.5 Å². The second-order valence-electron chi connectivity index (χ2n) is 21.9. The molecule has 20 heteroatoms. The summed E-state index contributed by atoms with van der Waals surface area (Å²) in [5, 5.41) is 19.5. The molecule has 15 nitrogen and oxygen atoms in total. The van der Waals surface area contributed by atoms with Gasteiger partial charge in [0.15, 0.2) is 28.8 Å². The van der Waals surface area contributed by atoms with Gasteiger partial charge in [-0.3, -0.25) is 34.2 Å². The molecule has 11 rings (SSSR count). The molecule has 5 aromatic rings. The molecule has 6 aliphatic rings. The Morgan fingerprint density at radius 3 is 2.29 bits per heavy atom. The van der Waals surface area contributed by atoms with Gasteiger partial charge in [0, 0.05) is 91.9 Å². The number of halogens is 5. The maximum absolute atomic E-state index is 16.5. The summed E-state index contributed by atoms with van der Waals surface area (Å²) < 4.78 is 78.4. The standard InChI is InChI=1S/C57H63ClF4N8O7/c1-31-44-41(29-39(60)48(58)47(44)46-36(52(63)73)12-13-40(49(46)61)76-27-26-71)77-57(31,34-6-4-3-5-7-34)30-64-35-10-8-33(9-11-35)54(74)69-24-19-56(20-25-69)18-14-42(56)68-21-15-32(16-22-68)45-38(59)28-37-51(50(45)62)67(2)66-53(37)70-23-17-43(72)65-55(70)75/h3-7,12-13,28-29,31-33,35,42,64,71H,8-11,14-27,30H2,1-2H3,(H2,63,73)(H,65,72,75)/t31-,33?,35?,42?,57-/m0/s1. The molecule has 0 bridgehead atoms. The maximum Gasteiger partial charge on any atom is 0.329 e. The molecule has 5 N–H and O–H groups in total. The number of aromatic nitrogens is 2. The van der Waals surface area contributed by atoms with Crippen molar-refractivity contribution in [2.75, 3.05) is 57.4 Å². The molecule has 5 fully saturated rings. The normalized spacial score (nSPS) is 24.7. The summed E-state index contributed by atoms with van der Waals surface area (Å²) in [6, 6.07) is 14.2. The molecule has 408 valence electrons. The lowest BCUT2D eigenvalue weighted by molar-refractivity contribution is -0.143. The van der Waals surface area contributed by atoms with Crippen molar-refractivity contribution in [3.8, 4) is 22.6 Å². The second kappa shape index (κ2) is 20.8. The topological polar surface area (TPSA) is 185 Å². The summed E-state index contributed by atoms with van der Waals surface area (Å²) in [6.07, 6.45) is 8.08. The van der Waals surface area contributed by atoms with E-state index in [9.17, 15) is 24.3 Å². The van der Waals surface area contributed by atoms with Gasteiger partial charge < -0.3 is 30.5 Å². The quantitative estimate of drug-likeness (QED) is 0.0834. The average molecular weight is 1080 g/mol. The van der Waals surface area contributed by atoms with Crippen molar-refractivity contribution in [2.45, 2.75) is 107 Å². The Labute approximate surface area is 448 Å². The molecule has 3 saturated heterocycles. The Bertz CT molecular complexity index is 3160. The number of urea groups is 1. The van der Waals surface area contributed by atoms with Gasteiger partial charge >= 0.3 is 6.03 Å². The lowest BCUT2D eigenvalue weighted by atomic mass is 9.58. The first-order valence-corrected chi connectivity index (χ1v) is 27.3. The molecule has 77 heavy (non-hydrogen) atoms. The highest BCUT2D eigenvalue weighted by atomic mass is 35.5. The zero-order valence-electron chi connectivity index (χ0n) is 43.1. The van der Waals surface area contributed by atoms with Crippen LogP contribution < -0.4 is 30.7 Å². The minimum Gasteiger partial charge on any atom is -0.488 e. The Morgan fingerprint density at radius 1 is 0.896 bits per heavy atom. The highest BCUT2D eigenvalue weighted by Crippen LogP contribution is 2.57. The molecule has 0 radical (unpaired) electrons. The third kappa shape index (κ3) is 9.17. The predicted molar refractivity (Wildman–Crippen MR) is 280 cm³/mol. The maximum atomic E-state index is 16.5. The molecule has 1 unspecified atom stereocenters. The van der Waals surface area contributed by atoms with Crippen molar-refractivity contribution in [1.82, 2.24) is 30.2 Å². The van der Waals surface area contributed by atoms with Crippen molar-refractivity contribution in [2.24, 2.45) is 24.1 Å². The molecule has 4 aliphatic heterocycles. The van der Waals surface area contributed by atoms with Crippen LogP contribution in [0.1, 0.15) is 116 Å². The number of aliphatic hydroxyl groups is 1. The number of aliphatic hydroxyl groups excluding tert-OH is 1. The zero-order valence-corrected chi connectivity index (χ0v) is 43.9. The number of nitrogens with one attached hydrogen (secondary N) is 2. The minimum atomic E-state index is -1.13. The van der Waals surface area contributed by atoms with Gasteiger partial charge in [-0.25, -0.2) is 22.4 Å². The first-order valence-electron chi connectivity index (χ1n) is 26.9. The molecule has 3 atom stereocenters. The summed E-state index contributed by atoms with van der Waals surface area (Å²) in [5.74, 6) is -5.40. The number of hydrogen-bond acceptors (Lipinski definition) is 10. The third-order valence-electron chi connectivity index (χ3n) is 18.0. The number of piperidine rings is 2. The van der Waals surface area contributed by atoms with Crippen LogP contribution in [0.25, 0.3) is 22.0 Å². The van der Waals surface area contributed by atoms with Crippen molar-refractivity contribution < 1.29 is 51.3 Å². The predicted octanol–water partition coefficient (Wildman–Crippen LogP) is 8.56. The van der Waals surface area contributed by atoms with E-state index in [1.165, 1.54) is 33.8 Å². The van der Waals surface area contributed by atoms with E-state index < -0.39 is 64.3 Å². The zero-order chi connectivity index (χ0) is 54.1. The Balaban J connectivity index is 0.712. The van der Waals surface area contributed by atoms with E-state index in [1.54, 1.807) is 7.05 Å². The molecular formula is C57H63ClF4N8O7. The summed E-state index contributed by atoms with van der Waals surface area (Å²) in [6.45, 7) is 4.41. The smallest absolute Gasteiger partial charge is 0.329 e. The molecular weight excluding hydrogens is 1020 g/mol. The summed E-state index contributed by atoms with van der Waals surface area (Å²) in [4.78, 5) is 57.2. The number of benzene rings is 4. The fourth-order valence-electron chi connectivity index (χ4n) is 13.8. The van der Waals surface area contributed by atoms with E-state index in [-0.39, 0.29) is 106 Å². The first kappa shape index (κ1) is 52.8. The number of aryl methyl sites for hydroxylation is 1. The van der Waals surface area contributed by atoms with Gasteiger partial charge in [-0.15, -0.1) is 0 Å². The van der Waals surface area contributed by atoms with Gasteiger partial charge in [0.25, 0.3) is 0 Å². The monoisotopic (exact) mass is 1080 g/mol. The number of nitrogens with two attached hydrogens (primary N) is 1. The molecule has 2 aliphatic carbocycles.